The maximum Gasteiger partial charge on any atom is 0.0750 e. The summed E-state index contributed by atoms with van der Waals surface area (Å²) in [4.78, 5) is 0. The van der Waals surface area contributed by atoms with Gasteiger partial charge in [0.05, 0.1) is 14.2 Å². The molecule has 0 aliphatic heterocycles. The number of hydrogen-bond acceptors (Lipinski definition) is 1. The first-order valence-corrected chi connectivity index (χ1v) is 7.88. The van der Waals surface area contributed by atoms with Crippen LogP contribution in [0.4, 0.5) is 0 Å². The zero-order valence-corrected chi connectivity index (χ0v) is 9.43. The van der Waals surface area contributed by atoms with Crippen LogP contribution >= 0.6 is 0 Å². The molecule has 70 valence electrons. The summed E-state index contributed by atoms with van der Waals surface area (Å²) < 4.78 is 0. The van der Waals surface area contributed by atoms with Crippen molar-refractivity contribution in [1.29, 1.82) is 0 Å². The number of hydrogen-bond donors (Lipinski definition) is 1. The summed E-state index contributed by atoms with van der Waals surface area (Å²) in [5, 5.41) is 10.7. The molecular formula is C10H20OSi. The second-order valence-corrected chi connectivity index (χ2v) is 9.30. The lowest BCUT2D eigenvalue weighted by molar-refractivity contribution is 0.208. The minimum absolute atomic E-state index is 0.324. The second-order valence-electron chi connectivity index (χ2n) is 4.16. The lowest BCUT2D eigenvalue weighted by Gasteiger charge is -2.24. The molecule has 0 aromatic heterocycles. The number of aliphatic hydroxyl groups is 1. The van der Waals surface area contributed by atoms with E-state index in [4.69, 9.17) is 0 Å². The van der Waals surface area contributed by atoms with E-state index in [1.54, 1.807) is 0 Å². The minimum atomic E-state index is -1.35. The molecular weight excluding hydrogens is 164 g/mol. The molecule has 0 bridgehead atoms. The molecule has 0 saturated heterocycles. The smallest absolute Gasteiger partial charge is 0.0750 e. The Morgan fingerprint density at radius 3 is 2.33 bits per heavy atom. The van der Waals surface area contributed by atoms with Crippen LogP contribution in [0.25, 0.3) is 0 Å². The molecule has 0 aliphatic carbocycles. The monoisotopic (exact) mass is 184 g/mol. The van der Waals surface area contributed by atoms with Gasteiger partial charge in [-0.3, -0.25) is 0 Å². The van der Waals surface area contributed by atoms with Crippen molar-refractivity contribution < 1.29 is 5.11 Å². The highest BCUT2D eigenvalue weighted by Gasteiger charge is 2.22. The van der Waals surface area contributed by atoms with E-state index in [1.807, 2.05) is 6.08 Å². The van der Waals surface area contributed by atoms with Crippen molar-refractivity contribution in [2.24, 2.45) is 0 Å². The molecule has 1 N–H and O–H groups in total. The van der Waals surface area contributed by atoms with E-state index in [-0.39, 0.29) is 6.10 Å². The quantitative estimate of drug-likeness (QED) is 0.514. The second kappa shape index (κ2) is 4.63. The van der Waals surface area contributed by atoms with Crippen molar-refractivity contribution in [3.63, 3.8) is 0 Å². The van der Waals surface area contributed by atoms with Crippen LogP contribution in [0.15, 0.2) is 24.4 Å². The highest BCUT2D eigenvalue weighted by atomic mass is 28.3. The van der Waals surface area contributed by atoms with Gasteiger partial charge in [0.2, 0.25) is 0 Å². The summed E-state index contributed by atoms with van der Waals surface area (Å²) in [7, 11) is -1.35. The highest BCUT2D eigenvalue weighted by Crippen LogP contribution is 2.18. The summed E-state index contributed by atoms with van der Waals surface area (Å²) in [5.41, 5.74) is 0. The maximum absolute atomic E-state index is 9.67. The van der Waals surface area contributed by atoms with E-state index in [2.05, 4.69) is 32.8 Å². The van der Waals surface area contributed by atoms with Crippen molar-refractivity contribution in [3.05, 3.63) is 24.4 Å². The molecule has 0 amide bonds. The lowest BCUT2D eigenvalue weighted by atomic mass is 10.2. The number of rotatable bonds is 5. The summed E-state index contributed by atoms with van der Waals surface area (Å²) in [6, 6.07) is 0. The van der Waals surface area contributed by atoms with Gasteiger partial charge in [0.1, 0.15) is 0 Å². The molecule has 0 fully saturated rings. The van der Waals surface area contributed by atoms with Gasteiger partial charge < -0.3 is 5.11 Å². The molecule has 0 heterocycles. The van der Waals surface area contributed by atoms with Gasteiger partial charge in [-0.2, -0.15) is 0 Å². The van der Waals surface area contributed by atoms with Gasteiger partial charge >= 0.3 is 0 Å². The average molecular weight is 184 g/mol. The molecule has 0 rings (SSSR count). The molecule has 0 radical (unpaired) electrons. The fourth-order valence-electron chi connectivity index (χ4n) is 0.950. The van der Waals surface area contributed by atoms with Crippen molar-refractivity contribution in [2.75, 3.05) is 0 Å². The molecule has 1 atom stereocenters. The fourth-order valence-corrected chi connectivity index (χ4v) is 2.09. The standard InChI is InChI=1S/C10H20OSi/c1-6-7-8-10(11)9(2)12(3,4)5/h6,10-11H,1-2,7-8H2,3-5H3/t10-/m1/s1. The minimum Gasteiger partial charge on any atom is -0.389 e. The molecule has 0 saturated carbocycles. The Labute approximate surface area is 76.8 Å². The first-order chi connectivity index (χ1) is 5.39. The SMILES string of the molecule is C=CCC[C@@H](O)C(=C)[Si](C)(C)C. The van der Waals surface area contributed by atoms with Gasteiger partial charge in [0, 0.05) is 0 Å². The van der Waals surface area contributed by atoms with E-state index in [1.165, 1.54) is 0 Å². The molecule has 0 spiro atoms. The van der Waals surface area contributed by atoms with Crippen LogP contribution in [-0.4, -0.2) is 19.3 Å². The normalized spacial score (nSPS) is 14.0. The van der Waals surface area contributed by atoms with E-state index in [0.717, 1.165) is 18.0 Å². The van der Waals surface area contributed by atoms with Gasteiger partial charge in [-0.05, 0) is 12.8 Å². The van der Waals surface area contributed by atoms with Gasteiger partial charge in [0.25, 0.3) is 0 Å². The Bertz CT molecular complexity index is 167. The summed E-state index contributed by atoms with van der Waals surface area (Å²) >= 11 is 0. The molecule has 0 aliphatic rings. The average Bonchev–Trinajstić information content (AvgIpc) is 1.97. The first-order valence-electron chi connectivity index (χ1n) is 4.38. The molecule has 12 heavy (non-hydrogen) atoms. The molecule has 1 nitrogen and oxygen atoms in total. The Morgan fingerprint density at radius 1 is 1.50 bits per heavy atom. The topological polar surface area (TPSA) is 20.2 Å². The fraction of sp³-hybridized carbons (Fsp3) is 0.600. The third kappa shape index (κ3) is 3.88. The third-order valence-electron chi connectivity index (χ3n) is 2.01. The predicted octanol–water partition coefficient (Wildman–Crippen LogP) is 2.75. The first kappa shape index (κ1) is 11.7. The molecule has 0 unspecified atom stereocenters. The van der Waals surface area contributed by atoms with E-state index < -0.39 is 8.07 Å². The number of allylic oxidation sites excluding steroid dienone is 1. The number of aliphatic hydroxyl groups excluding tert-OH is 1. The van der Waals surface area contributed by atoms with Crippen LogP contribution in [0.2, 0.25) is 19.6 Å². The Balaban J connectivity index is 4.02. The van der Waals surface area contributed by atoms with Gasteiger partial charge in [-0.25, -0.2) is 0 Å². The maximum atomic E-state index is 9.67. The zero-order valence-electron chi connectivity index (χ0n) is 8.43. The lowest BCUT2D eigenvalue weighted by Crippen LogP contribution is -2.31. The molecule has 2 heteroatoms. The van der Waals surface area contributed by atoms with Gasteiger partial charge in [-0.1, -0.05) is 30.9 Å². The molecule has 0 aromatic carbocycles. The van der Waals surface area contributed by atoms with Crippen molar-refractivity contribution >= 4 is 8.07 Å². The van der Waals surface area contributed by atoms with E-state index >= 15 is 0 Å². The van der Waals surface area contributed by atoms with Crippen LogP contribution in [0.3, 0.4) is 0 Å². The van der Waals surface area contributed by atoms with E-state index in [9.17, 15) is 5.11 Å². The van der Waals surface area contributed by atoms with Crippen LogP contribution in [0.5, 0.6) is 0 Å². The summed E-state index contributed by atoms with van der Waals surface area (Å²) in [6.07, 6.45) is 3.15. The van der Waals surface area contributed by atoms with Gasteiger partial charge in [0.15, 0.2) is 0 Å². The van der Waals surface area contributed by atoms with Crippen molar-refractivity contribution in [1.82, 2.24) is 0 Å². The van der Waals surface area contributed by atoms with Crippen LogP contribution in [0, 0.1) is 0 Å². The van der Waals surface area contributed by atoms with Gasteiger partial charge in [-0.15, -0.1) is 13.2 Å². The van der Waals surface area contributed by atoms with Crippen molar-refractivity contribution in [2.45, 2.75) is 38.6 Å². The van der Waals surface area contributed by atoms with E-state index in [0.29, 0.717) is 0 Å². The third-order valence-corrected chi connectivity index (χ3v) is 4.27. The largest absolute Gasteiger partial charge is 0.389 e. The van der Waals surface area contributed by atoms with Crippen molar-refractivity contribution in [3.8, 4) is 0 Å². The predicted molar refractivity (Wildman–Crippen MR) is 57.9 cm³/mol. The van der Waals surface area contributed by atoms with Crippen LogP contribution in [-0.2, 0) is 0 Å². The Hall–Kier alpha value is -0.343. The summed E-state index contributed by atoms with van der Waals surface area (Å²) in [5.74, 6) is 0. The van der Waals surface area contributed by atoms with Crippen LogP contribution in [0.1, 0.15) is 12.8 Å². The highest BCUT2D eigenvalue weighted by molar-refractivity contribution is 6.83. The molecule has 0 aromatic rings. The van der Waals surface area contributed by atoms with Crippen LogP contribution < -0.4 is 0 Å². The summed E-state index contributed by atoms with van der Waals surface area (Å²) in [6.45, 7) is 14.2. The Morgan fingerprint density at radius 2 is 2.00 bits per heavy atom. The zero-order chi connectivity index (χ0) is 9.78. The Kier molecular flexibility index (Phi) is 4.49.